The number of nitrogens with one attached hydrogen (secondary N) is 1. The van der Waals surface area contributed by atoms with E-state index in [1.165, 1.54) is 0 Å². The molecule has 0 heterocycles. The lowest BCUT2D eigenvalue weighted by Gasteiger charge is -2.10. The fourth-order valence-electron chi connectivity index (χ4n) is 1.50. The maximum Gasteiger partial charge on any atom is 0.241 e. The van der Waals surface area contributed by atoms with Crippen LogP contribution >= 0.6 is 43.5 Å². The molecule has 0 spiro atoms. The molecule has 1 rings (SSSR count). The van der Waals surface area contributed by atoms with E-state index < -0.39 is 10.0 Å². The summed E-state index contributed by atoms with van der Waals surface area (Å²) in [6.45, 7) is 4.18. The van der Waals surface area contributed by atoms with Gasteiger partial charge in [0.2, 0.25) is 10.0 Å². The lowest BCUT2D eigenvalue weighted by molar-refractivity contribution is 0.575. The highest BCUT2D eigenvalue weighted by molar-refractivity contribution is 9.11. The zero-order chi connectivity index (χ0) is 14.6. The van der Waals surface area contributed by atoms with Crippen molar-refractivity contribution in [2.24, 2.45) is 0 Å². The Morgan fingerprint density at radius 1 is 1.32 bits per heavy atom. The molecule has 1 aromatic carbocycles. The zero-order valence-electron chi connectivity index (χ0n) is 10.7. The fraction of sp³-hybridized carbons (Fsp3) is 0.500. The van der Waals surface area contributed by atoms with E-state index in [4.69, 9.17) is 11.6 Å². The minimum absolute atomic E-state index is 0.0600. The van der Waals surface area contributed by atoms with Gasteiger partial charge in [-0.05, 0) is 60.3 Å². The molecule has 0 saturated heterocycles. The van der Waals surface area contributed by atoms with Gasteiger partial charge in [-0.3, -0.25) is 0 Å². The summed E-state index contributed by atoms with van der Waals surface area (Å²) in [6.07, 6.45) is 1.50. The van der Waals surface area contributed by atoms with Gasteiger partial charge in [0.1, 0.15) is 0 Å². The van der Waals surface area contributed by atoms with Gasteiger partial charge in [-0.25, -0.2) is 13.1 Å². The predicted molar refractivity (Wildman–Crippen MR) is 86.3 cm³/mol. The van der Waals surface area contributed by atoms with Crippen molar-refractivity contribution in [3.8, 4) is 0 Å². The summed E-state index contributed by atoms with van der Waals surface area (Å²) in [7, 11) is -3.50. The summed E-state index contributed by atoms with van der Waals surface area (Å²) in [5.41, 5.74) is 0.974. The number of hydrogen-bond donors (Lipinski definition) is 1. The molecule has 7 heteroatoms. The molecule has 0 aliphatic carbocycles. The number of sulfonamides is 1. The molecule has 0 aromatic heterocycles. The van der Waals surface area contributed by atoms with Gasteiger partial charge < -0.3 is 0 Å². The van der Waals surface area contributed by atoms with Crippen LogP contribution < -0.4 is 4.72 Å². The summed E-state index contributed by atoms with van der Waals surface area (Å²) >= 11 is 12.4. The van der Waals surface area contributed by atoms with E-state index in [2.05, 4.69) is 36.6 Å². The molecule has 0 bridgehead atoms. The summed E-state index contributed by atoms with van der Waals surface area (Å²) < 4.78 is 28.2. The molecule has 108 valence electrons. The molecule has 19 heavy (non-hydrogen) atoms. The van der Waals surface area contributed by atoms with Gasteiger partial charge in [0, 0.05) is 20.9 Å². The van der Waals surface area contributed by atoms with E-state index >= 15 is 0 Å². The molecule has 0 radical (unpaired) electrons. The van der Waals surface area contributed by atoms with Gasteiger partial charge in [-0.2, -0.15) is 0 Å². The molecule has 0 fully saturated rings. The maximum atomic E-state index is 12.2. The second-order valence-corrected chi connectivity index (χ2v) is 8.54. The van der Waals surface area contributed by atoms with Crippen molar-refractivity contribution in [3.63, 3.8) is 0 Å². The molecular formula is C12H16Br2ClNO2S. The van der Waals surface area contributed by atoms with Gasteiger partial charge in [0.05, 0.1) is 4.90 Å². The maximum absolute atomic E-state index is 12.2. The molecule has 1 aromatic rings. The Labute approximate surface area is 136 Å². The second kappa shape index (κ2) is 7.41. The van der Waals surface area contributed by atoms with Gasteiger partial charge in [-0.1, -0.05) is 15.9 Å². The van der Waals surface area contributed by atoms with E-state index in [1.54, 1.807) is 12.1 Å². The minimum atomic E-state index is -3.50. The summed E-state index contributed by atoms with van der Waals surface area (Å²) in [5, 5.41) is 0.0600. The van der Waals surface area contributed by atoms with Crippen LogP contribution in [0.15, 0.2) is 26.0 Å². The Balaban J connectivity index is 2.80. The van der Waals surface area contributed by atoms with Crippen LogP contribution in [0.1, 0.15) is 25.3 Å². The van der Waals surface area contributed by atoms with E-state index in [0.717, 1.165) is 16.5 Å². The first kappa shape index (κ1) is 17.4. The van der Waals surface area contributed by atoms with Gasteiger partial charge in [0.15, 0.2) is 0 Å². The Bertz CT molecular complexity index is 547. The Hall–Kier alpha value is 0.380. The average Bonchev–Trinajstić information content (AvgIpc) is 2.29. The number of benzene rings is 1. The van der Waals surface area contributed by atoms with Crippen LogP contribution in [-0.4, -0.2) is 20.3 Å². The first-order valence-corrected chi connectivity index (χ1v) is 9.34. The van der Waals surface area contributed by atoms with Crippen LogP contribution in [0.2, 0.25) is 0 Å². The third-order valence-corrected chi connectivity index (χ3v) is 6.07. The molecule has 1 unspecified atom stereocenters. The van der Waals surface area contributed by atoms with Gasteiger partial charge >= 0.3 is 0 Å². The monoisotopic (exact) mass is 431 g/mol. The topological polar surface area (TPSA) is 46.2 Å². The summed E-state index contributed by atoms with van der Waals surface area (Å²) in [6, 6.07) is 3.38. The van der Waals surface area contributed by atoms with E-state index in [0.29, 0.717) is 17.4 Å². The average molecular weight is 434 g/mol. The number of alkyl halides is 1. The van der Waals surface area contributed by atoms with Crippen molar-refractivity contribution < 1.29 is 8.42 Å². The van der Waals surface area contributed by atoms with E-state index in [-0.39, 0.29) is 10.3 Å². The minimum Gasteiger partial charge on any atom is -0.211 e. The number of aryl methyl sites for hydroxylation is 1. The molecule has 0 saturated carbocycles. The second-order valence-electron chi connectivity index (χ2n) is 4.35. The van der Waals surface area contributed by atoms with Crippen LogP contribution in [-0.2, 0) is 10.0 Å². The SMILES string of the molecule is Cc1cc(Br)c(S(=O)(=O)NCCCC(C)Cl)cc1Br. The van der Waals surface area contributed by atoms with E-state index in [9.17, 15) is 8.42 Å². The lowest BCUT2D eigenvalue weighted by Crippen LogP contribution is -2.25. The molecule has 1 N–H and O–H groups in total. The van der Waals surface area contributed by atoms with Gasteiger partial charge in [-0.15, -0.1) is 11.6 Å². The van der Waals surface area contributed by atoms with Crippen LogP contribution in [0.5, 0.6) is 0 Å². The molecule has 1 atom stereocenters. The third-order valence-electron chi connectivity index (χ3n) is 2.57. The standard InChI is InChI=1S/C12H16Br2ClNO2S/c1-8-6-11(14)12(7-10(8)13)19(17,18)16-5-3-4-9(2)15/h6-7,9,16H,3-5H2,1-2H3. The van der Waals surface area contributed by atoms with Crippen LogP contribution in [0.25, 0.3) is 0 Å². The molecule has 0 aliphatic rings. The van der Waals surface area contributed by atoms with Crippen LogP contribution in [0, 0.1) is 6.92 Å². The first-order valence-electron chi connectivity index (χ1n) is 5.83. The van der Waals surface area contributed by atoms with Crippen molar-refractivity contribution in [1.82, 2.24) is 4.72 Å². The number of hydrogen-bond acceptors (Lipinski definition) is 2. The Kier molecular flexibility index (Phi) is 6.79. The van der Waals surface area contributed by atoms with Gasteiger partial charge in [0.25, 0.3) is 0 Å². The molecule has 3 nitrogen and oxygen atoms in total. The predicted octanol–water partition coefficient (Wildman–Crippen LogP) is 4.21. The zero-order valence-corrected chi connectivity index (χ0v) is 15.5. The molecule has 0 amide bonds. The quantitative estimate of drug-likeness (QED) is 0.540. The largest absolute Gasteiger partial charge is 0.241 e. The number of halogens is 3. The summed E-state index contributed by atoms with van der Waals surface area (Å²) in [4.78, 5) is 0.240. The molecular weight excluding hydrogens is 417 g/mol. The van der Waals surface area contributed by atoms with Crippen molar-refractivity contribution >= 4 is 53.5 Å². The normalized spacial score (nSPS) is 13.5. The fourth-order valence-corrected chi connectivity index (χ4v) is 4.41. The lowest BCUT2D eigenvalue weighted by atomic mass is 10.2. The smallest absolute Gasteiger partial charge is 0.211 e. The highest BCUT2D eigenvalue weighted by Crippen LogP contribution is 2.28. The Morgan fingerprint density at radius 3 is 2.53 bits per heavy atom. The van der Waals surface area contributed by atoms with Crippen LogP contribution in [0.3, 0.4) is 0 Å². The highest BCUT2D eigenvalue weighted by Gasteiger charge is 2.18. The molecule has 0 aliphatic heterocycles. The highest BCUT2D eigenvalue weighted by atomic mass is 79.9. The summed E-state index contributed by atoms with van der Waals surface area (Å²) in [5.74, 6) is 0. The number of rotatable bonds is 6. The van der Waals surface area contributed by atoms with E-state index in [1.807, 2.05) is 13.8 Å². The van der Waals surface area contributed by atoms with Crippen molar-refractivity contribution in [3.05, 3.63) is 26.6 Å². The van der Waals surface area contributed by atoms with Crippen LogP contribution in [0.4, 0.5) is 0 Å². The van der Waals surface area contributed by atoms with Crippen molar-refractivity contribution in [2.45, 2.75) is 37.0 Å². The third kappa shape index (κ3) is 5.34. The first-order chi connectivity index (χ1) is 8.74. The Morgan fingerprint density at radius 2 is 1.95 bits per heavy atom. The van der Waals surface area contributed by atoms with Crippen molar-refractivity contribution in [2.75, 3.05) is 6.54 Å². The van der Waals surface area contributed by atoms with Crippen molar-refractivity contribution in [1.29, 1.82) is 0 Å².